The van der Waals surface area contributed by atoms with Gasteiger partial charge in [-0.05, 0) is 25.7 Å². The molecule has 1 aromatic rings. The molecule has 0 bridgehead atoms. The molecule has 0 aromatic carbocycles. The van der Waals surface area contributed by atoms with Gasteiger partial charge in [0.15, 0.2) is 0 Å². The van der Waals surface area contributed by atoms with Crippen molar-refractivity contribution in [1.29, 1.82) is 0 Å². The fraction of sp³-hybridized carbons (Fsp3) is 0.583. The van der Waals surface area contributed by atoms with Gasteiger partial charge in [0, 0.05) is 18.8 Å². The highest BCUT2D eigenvalue weighted by atomic mass is 15.1. The first-order chi connectivity index (χ1) is 6.92. The zero-order valence-corrected chi connectivity index (χ0v) is 8.82. The minimum Gasteiger partial charge on any atom is -0.328 e. The van der Waals surface area contributed by atoms with Gasteiger partial charge in [0.05, 0.1) is 6.04 Å². The van der Waals surface area contributed by atoms with Gasteiger partial charge in [-0.2, -0.15) is 0 Å². The molecule has 1 aliphatic carbocycles. The van der Waals surface area contributed by atoms with E-state index < -0.39 is 0 Å². The van der Waals surface area contributed by atoms with Crippen molar-refractivity contribution in [2.75, 3.05) is 0 Å². The maximum atomic E-state index is 4.41. The van der Waals surface area contributed by atoms with Gasteiger partial charge in [0.1, 0.15) is 5.82 Å². The Kier molecular flexibility index (Phi) is 3.02. The number of aryl methyl sites for hydroxylation is 1. The van der Waals surface area contributed by atoms with Crippen LogP contribution in [0.4, 0.5) is 0 Å². The van der Waals surface area contributed by atoms with Gasteiger partial charge in [-0.25, -0.2) is 4.98 Å². The van der Waals surface area contributed by atoms with E-state index in [4.69, 9.17) is 0 Å². The summed E-state index contributed by atoms with van der Waals surface area (Å²) in [6.07, 6.45) is 14.8. The number of imidazole rings is 1. The van der Waals surface area contributed by atoms with Crippen LogP contribution < -0.4 is 0 Å². The molecule has 2 rings (SSSR count). The van der Waals surface area contributed by atoms with Crippen LogP contribution in [0.5, 0.6) is 0 Å². The number of hydrogen-bond acceptors (Lipinski definition) is 1. The molecule has 2 nitrogen and oxygen atoms in total. The third-order valence-electron chi connectivity index (χ3n) is 2.81. The van der Waals surface area contributed by atoms with E-state index in [-0.39, 0.29) is 0 Å². The van der Waals surface area contributed by atoms with E-state index in [1.807, 2.05) is 6.20 Å². The molecule has 1 aliphatic rings. The summed E-state index contributed by atoms with van der Waals surface area (Å²) in [6.45, 7) is 2.20. The summed E-state index contributed by atoms with van der Waals surface area (Å²) in [4.78, 5) is 4.41. The zero-order chi connectivity index (χ0) is 9.80. The first-order valence-electron chi connectivity index (χ1n) is 5.60. The second kappa shape index (κ2) is 4.45. The summed E-state index contributed by atoms with van der Waals surface area (Å²) in [5, 5.41) is 0. The summed E-state index contributed by atoms with van der Waals surface area (Å²) in [5.74, 6) is 1.24. The van der Waals surface area contributed by atoms with Gasteiger partial charge in [0.2, 0.25) is 0 Å². The Labute approximate surface area is 85.7 Å². The molecule has 0 amide bonds. The van der Waals surface area contributed by atoms with Gasteiger partial charge in [-0.1, -0.05) is 19.1 Å². The molecule has 0 spiro atoms. The minimum atomic E-state index is 0.563. The van der Waals surface area contributed by atoms with Crippen LogP contribution in [0.2, 0.25) is 0 Å². The van der Waals surface area contributed by atoms with E-state index in [1.54, 1.807) is 0 Å². The van der Waals surface area contributed by atoms with Crippen LogP contribution in [0, 0.1) is 0 Å². The lowest BCUT2D eigenvalue weighted by molar-refractivity contribution is 0.498. The van der Waals surface area contributed by atoms with Crippen LogP contribution in [0.15, 0.2) is 24.5 Å². The topological polar surface area (TPSA) is 17.8 Å². The van der Waals surface area contributed by atoms with Crippen LogP contribution >= 0.6 is 0 Å². The molecular weight excluding hydrogens is 172 g/mol. The van der Waals surface area contributed by atoms with Crippen LogP contribution in [0.3, 0.4) is 0 Å². The first-order valence-corrected chi connectivity index (χ1v) is 5.60. The quantitative estimate of drug-likeness (QED) is 0.670. The molecule has 2 heteroatoms. The van der Waals surface area contributed by atoms with E-state index in [0.29, 0.717) is 6.04 Å². The normalized spacial score (nSPS) is 21.4. The van der Waals surface area contributed by atoms with Crippen molar-refractivity contribution in [3.8, 4) is 0 Å². The number of hydrogen-bond donors (Lipinski definition) is 0. The van der Waals surface area contributed by atoms with Gasteiger partial charge < -0.3 is 4.57 Å². The number of aromatic nitrogens is 2. The molecule has 0 saturated carbocycles. The second-order valence-corrected chi connectivity index (χ2v) is 3.93. The third kappa shape index (κ3) is 1.89. The maximum Gasteiger partial charge on any atom is 0.109 e. The molecule has 0 fully saturated rings. The Balaban J connectivity index is 2.17. The maximum absolute atomic E-state index is 4.41. The second-order valence-electron chi connectivity index (χ2n) is 3.93. The number of allylic oxidation sites excluding steroid dienone is 2. The van der Waals surface area contributed by atoms with E-state index in [0.717, 1.165) is 6.42 Å². The molecule has 1 heterocycles. The third-order valence-corrected chi connectivity index (χ3v) is 2.81. The van der Waals surface area contributed by atoms with Gasteiger partial charge in [-0.15, -0.1) is 0 Å². The van der Waals surface area contributed by atoms with Crippen LogP contribution in [-0.2, 0) is 6.42 Å². The van der Waals surface area contributed by atoms with Gasteiger partial charge in [0.25, 0.3) is 0 Å². The Morgan fingerprint density at radius 2 is 2.50 bits per heavy atom. The SMILES string of the molecule is CCCc1nccn1C1C=CCCC1. The highest BCUT2D eigenvalue weighted by Gasteiger charge is 2.12. The zero-order valence-electron chi connectivity index (χ0n) is 8.82. The monoisotopic (exact) mass is 190 g/mol. The lowest BCUT2D eigenvalue weighted by Crippen LogP contribution is -2.11. The highest BCUT2D eigenvalue weighted by molar-refractivity contribution is 5.04. The van der Waals surface area contributed by atoms with Gasteiger partial charge >= 0.3 is 0 Å². The molecule has 0 saturated heterocycles. The Bertz CT molecular complexity index is 312. The first kappa shape index (κ1) is 9.50. The smallest absolute Gasteiger partial charge is 0.109 e. The summed E-state index contributed by atoms with van der Waals surface area (Å²) in [7, 11) is 0. The van der Waals surface area contributed by atoms with Gasteiger partial charge in [-0.3, -0.25) is 0 Å². The number of nitrogens with zero attached hydrogens (tertiary/aromatic N) is 2. The molecule has 1 aromatic heterocycles. The van der Waals surface area contributed by atoms with Crippen molar-refractivity contribution < 1.29 is 0 Å². The Morgan fingerprint density at radius 3 is 3.21 bits per heavy atom. The predicted molar refractivity (Wildman–Crippen MR) is 58.3 cm³/mol. The van der Waals surface area contributed by atoms with Crippen LogP contribution in [0.1, 0.15) is 44.5 Å². The summed E-state index contributed by atoms with van der Waals surface area (Å²) in [5.41, 5.74) is 0. The van der Waals surface area contributed by atoms with Crippen LogP contribution in [-0.4, -0.2) is 9.55 Å². The standard InChI is InChI=1S/C12H18N2/c1-2-6-12-13-9-10-14(12)11-7-4-3-5-8-11/h4,7,9-11H,2-3,5-6,8H2,1H3. The largest absolute Gasteiger partial charge is 0.328 e. The molecule has 14 heavy (non-hydrogen) atoms. The Morgan fingerprint density at radius 1 is 1.57 bits per heavy atom. The molecule has 0 radical (unpaired) electrons. The minimum absolute atomic E-state index is 0.563. The van der Waals surface area contributed by atoms with Crippen LogP contribution in [0.25, 0.3) is 0 Å². The van der Waals surface area contributed by atoms with Crippen molar-refractivity contribution in [2.45, 2.75) is 45.1 Å². The van der Waals surface area contributed by atoms with Crippen molar-refractivity contribution in [3.63, 3.8) is 0 Å². The fourth-order valence-corrected chi connectivity index (χ4v) is 2.09. The average molecular weight is 190 g/mol. The molecule has 0 N–H and O–H groups in total. The molecular formula is C12H18N2. The molecule has 0 aliphatic heterocycles. The number of rotatable bonds is 3. The predicted octanol–water partition coefficient (Wildman–Crippen LogP) is 3.12. The lowest BCUT2D eigenvalue weighted by Gasteiger charge is -2.20. The average Bonchev–Trinajstić information content (AvgIpc) is 2.68. The molecule has 1 atom stereocenters. The van der Waals surface area contributed by atoms with E-state index in [2.05, 4.69) is 34.8 Å². The summed E-state index contributed by atoms with van der Waals surface area (Å²) >= 11 is 0. The Hall–Kier alpha value is -1.05. The van der Waals surface area contributed by atoms with Crippen molar-refractivity contribution in [2.24, 2.45) is 0 Å². The molecule has 76 valence electrons. The van der Waals surface area contributed by atoms with E-state index in [1.165, 1.54) is 31.5 Å². The fourth-order valence-electron chi connectivity index (χ4n) is 2.09. The van der Waals surface area contributed by atoms with E-state index in [9.17, 15) is 0 Å². The summed E-state index contributed by atoms with van der Waals surface area (Å²) < 4.78 is 2.33. The van der Waals surface area contributed by atoms with E-state index >= 15 is 0 Å². The lowest BCUT2D eigenvalue weighted by atomic mass is 10.0. The van der Waals surface area contributed by atoms with Crippen molar-refractivity contribution in [1.82, 2.24) is 9.55 Å². The highest BCUT2D eigenvalue weighted by Crippen LogP contribution is 2.23. The van der Waals surface area contributed by atoms with Crippen molar-refractivity contribution >= 4 is 0 Å². The molecule has 1 unspecified atom stereocenters. The van der Waals surface area contributed by atoms with Crippen molar-refractivity contribution in [3.05, 3.63) is 30.4 Å². The summed E-state index contributed by atoms with van der Waals surface area (Å²) in [6, 6.07) is 0.563.